The minimum atomic E-state index is -0.0816. The fraction of sp³-hybridized carbons (Fsp3) is 0.533. The van der Waals surface area contributed by atoms with Gasteiger partial charge in [-0.1, -0.05) is 13.8 Å². The molecular weight excluding hydrogens is 284 g/mol. The van der Waals surface area contributed by atoms with Crippen LogP contribution in [0.5, 0.6) is 0 Å². The van der Waals surface area contributed by atoms with E-state index in [2.05, 4.69) is 29.4 Å². The number of nitrogens with zero attached hydrogens (tertiary/aromatic N) is 2. The van der Waals surface area contributed by atoms with Crippen molar-refractivity contribution >= 4 is 33.1 Å². The van der Waals surface area contributed by atoms with Gasteiger partial charge in [0.1, 0.15) is 9.71 Å². The second-order valence-electron chi connectivity index (χ2n) is 6.07. The van der Waals surface area contributed by atoms with Crippen molar-refractivity contribution in [1.29, 1.82) is 0 Å². The molecule has 0 bridgehead atoms. The van der Waals surface area contributed by atoms with Crippen molar-refractivity contribution in [2.45, 2.75) is 39.2 Å². The maximum Gasteiger partial charge on any atom is 0.263 e. The topological polar surface area (TPSA) is 80.9 Å². The summed E-state index contributed by atoms with van der Waals surface area (Å²) < 4.78 is 0. The predicted octanol–water partition coefficient (Wildman–Crippen LogP) is 2.83. The van der Waals surface area contributed by atoms with Gasteiger partial charge < -0.3 is 11.1 Å². The van der Waals surface area contributed by atoms with Gasteiger partial charge in [-0.25, -0.2) is 0 Å². The Morgan fingerprint density at radius 2 is 2.24 bits per heavy atom. The van der Waals surface area contributed by atoms with Gasteiger partial charge in [0.15, 0.2) is 0 Å². The Morgan fingerprint density at radius 3 is 2.95 bits per heavy atom. The normalized spacial score (nSPS) is 25.9. The number of aromatic nitrogens is 2. The molecule has 0 aliphatic heterocycles. The first-order valence-electron chi connectivity index (χ1n) is 7.36. The van der Waals surface area contributed by atoms with Gasteiger partial charge in [-0.05, 0) is 37.2 Å². The molecule has 0 saturated heterocycles. The van der Waals surface area contributed by atoms with Crippen molar-refractivity contribution in [3.05, 3.63) is 17.1 Å². The highest BCUT2D eigenvalue weighted by Crippen LogP contribution is 2.33. The molecule has 1 aliphatic carbocycles. The second-order valence-corrected chi connectivity index (χ2v) is 7.07. The first kappa shape index (κ1) is 14.3. The number of nitrogen functional groups attached to an aromatic ring is 1. The summed E-state index contributed by atoms with van der Waals surface area (Å²) in [5.74, 6) is 1.17. The molecule has 0 aromatic carbocycles. The van der Waals surface area contributed by atoms with Crippen LogP contribution in [-0.4, -0.2) is 22.1 Å². The van der Waals surface area contributed by atoms with Gasteiger partial charge in [-0.2, -0.15) is 5.10 Å². The number of anilines is 1. The summed E-state index contributed by atoms with van der Waals surface area (Å²) in [6.45, 7) is 4.48. The van der Waals surface area contributed by atoms with Crippen molar-refractivity contribution in [1.82, 2.24) is 15.5 Å². The van der Waals surface area contributed by atoms with Crippen LogP contribution in [0.1, 0.15) is 42.8 Å². The van der Waals surface area contributed by atoms with Crippen LogP contribution >= 0.6 is 11.3 Å². The summed E-state index contributed by atoms with van der Waals surface area (Å²) in [6.07, 6.45) is 4.97. The molecule has 1 saturated carbocycles. The number of carbonyl (C=O) groups excluding carboxylic acids is 1. The third-order valence-electron chi connectivity index (χ3n) is 4.37. The van der Waals surface area contributed by atoms with Crippen LogP contribution in [0, 0.1) is 11.8 Å². The molecular formula is C15H20N4OS. The van der Waals surface area contributed by atoms with E-state index in [9.17, 15) is 4.79 Å². The molecule has 21 heavy (non-hydrogen) atoms. The van der Waals surface area contributed by atoms with E-state index < -0.39 is 0 Å². The molecule has 1 aliphatic rings. The molecule has 5 nitrogen and oxygen atoms in total. The SMILES string of the molecule is CC1CCC(NC(=O)c2sc3nnccc3c2N)C(C)C1. The molecule has 3 unspecified atom stereocenters. The van der Waals surface area contributed by atoms with E-state index in [1.54, 1.807) is 12.3 Å². The van der Waals surface area contributed by atoms with Gasteiger partial charge in [0.2, 0.25) is 0 Å². The number of hydrogen-bond acceptors (Lipinski definition) is 5. The number of nitrogens with one attached hydrogen (secondary N) is 1. The van der Waals surface area contributed by atoms with Crippen molar-refractivity contribution in [2.24, 2.45) is 11.8 Å². The number of nitrogens with two attached hydrogens (primary N) is 1. The van der Waals surface area contributed by atoms with Crippen LogP contribution in [-0.2, 0) is 0 Å². The number of rotatable bonds is 2. The van der Waals surface area contributed by atoms with Crippen molar-refractivity contribution < 1.29 is 4.79 Å². The minimum absolute atomic E-state index is 0.0816. The van der Waals surface area contributed by atoms with Crippen LogP contribution in [0.15, 0.2) is 12.3 Å². The molecule has 2 aromatic heterocycles. The summed E-state index contributed by atoms with van der Waals surface area (Å²) in [5.41, 5.74) is 6.60. The van der Waals surface area contributed by atoms with E-state index in [1.807, 2.05) is 0 Å². The lowest BCUT2D eigenvalue weighted by molar-refractivity contribution is 0.0904. The molecule has 112 valence electrons. The van der Waals surface area contributed by atoms with Gasteiger partial charge in [0, 0.05) is 11.4 Å². The van der Waals surface area contributed by atoms with Gasteiger partial charge in [0.25, 0.3) is 5.91 Å². The van der Waals surface area contributed by atoms with Gasteiger partial charge in [0.05, 0.1) is 11.9 Å². The number of amides is 1. The molecule has 2 aromatic rings. The van der Waals surface area contributed by atoms with Crippen molar-refractivity contribution in [3.63, 3.8) is 0 Å². The van der Waals surface area contributed by atoms with Crippen molar-refractivity contribution in [3.8, 4) is 0 Å². The molecule has 2 heterocycles. The molecule has 3 rings (SSSR count). The third kappa shape index (κ3) is 2.72. The van der Waals surface area contributed by atoms with E-state index in [0.29, 0.717) is 21.3 Å². The Bertz CT molecular complexity index is 669. The Morgan fingerprint density at radius 1 is 1.43 bits per heavy atom. The zero-order valence-corrected chi connectivity index (χ0v) is 13.1. The molecule has 3 N–H and O–H groups in total. The number of fused-ring (bicyclic) bond motifs is 1. The van der Waals surface area contributed by atoms with Gasteiger partial charge in [-0.3, -0.25) is 4.79 Å². The molecule has 3 atom stereocenters. The molecule has 1 fully saturated rings. The Labute approximate surface area is 127 Å². The van der Waals surface area contributed by atoms with E-state index >= 15 is 0 Å². The number of carbonyl (C=O) groups is 1. The lowest BCUT2D eigenvalue weighted by Crippen LogP contribution is -2.42. The van der Waals surface area contributed by atoms with E-state index in [1.165, 1.54) is 24.2 Å². The third-order valence-corrected chi connectivity index (χ3v) is 5.48. The van der Waals surface area contributed by atoms with Crippen LogP contribution in [0.25, 0.3) is 10.2 Å². The minimum Gasteiger partial charge on any atom is -0.397 e. The lowest BCUT2D eigenvalue weighted by atomic mass is 9.80. The second kappa shape index (κ2) is 5.60. The van der Waals surface area contributed by atoms with Crippen molar-refractivity contribution in [2.75, 3.05) is 5.73 Å². The lowest BCUT2D eigenvalue weighted by Gasteiger charge is -2.33. The van der Waals surface area contributed by atoms with Crippen LogP contribution in [0.2, 0.25) is 0 Å². The van der Waals surface area contributed by atoms with Gasteiger partial charge >= 0.3 is 0 Å². The van der Waals surface area contributed by atoms with Crippen LogP contribution < -0.4 is 11.1 Å². The predicted molar refractivity (Wildman–Crippen MR) is 85.3 cm³/mol. The highest BCUT2D eigenvalue weighted by atomic mass is 32.1. The summed E-state index contributed by atoms with van der Waals surface area (Å²) in [6, 6.07) is 2.04. The summed E-state index contributed by atoms with van der Waals surface area (Å²) in [5, 5.41) is 11.8. The molecule has 6 heteroatoms. The first-order chi connectivity index (χ1) is 10.1. The summed E-state index contributed by atoms with van der Waals surface area (Å²) in [4.78, 5) is 13.8. The Balaban J connectivity index is 1.79. The highest BCUT2D eigenvalue weighted by Gasteiger charge is 2.28. The van der Waals surface area contributed by atoms with E-state index in [4.69, 9.17) is 5.73 Å². The zero-order chi connectivity index (χ0) is 15.0. The first-order valence-corrected chi connectivity index (χ1v) is 8.18. The number of thiophene rings is 1. The Hall–Kier alpha value is -1.69. The standard InChI is InChI=1S/C15H20N4OS/c1-8-3-4-11(9(2)7-8)18-14(20)13-12(16)10-5-6-17-19-15(10)21-13/h5-6,8-9,11H,3-4,7,16H2,1-2H3,(H,18,20). The fourth-order valence-electron chi connectivity index (χ4n) is 3.16. The maximum absolute atomic E-state index is 12.5. The smallest absolute Gasteiger partial charge is 0.263 e. The maximum atomic E-state index is 12.5. The average molecular weight is 304 g/mol. The molecule has 0 spiro atoms. The fourth-order valence-corrected chi connectivity index (χ4v) is 4.10. The summed E-state index contributed by atoms with van der Waals surface area (Å²) >= 11 is 1.31. The highest BCUT2D eigenvalue weighted by molar-refractivity contribution is 7.21. The number of hydrogen-bond donors (Lipinski definition) is 2. The van der Waals surface area contributed by atoms with E-state index in [0.717, 1.165) is 17.7 Å². The molecule has 1 amide bonds. The largest absolute Gasteiger partial charge is 0.397 e. The van der Waals surface area contributed by atoms with Crippen LogP contribution in [0.4, 0.5) is 5.69 Å². The molecule has 0 radical (unpaired) electrons. The summed E-state index contributed by atoms with van der Waals surface area (Å²) in [7, 11) is 0. The van der Waals surface area contributed by atoms with Crippen LogP contribution in [0.3, 0.4) is 0 Å². The average Bonchev–Trinajstić information content (AvgIpc) is 2.80. The van der Waals surface area contributed by atoms with E-state index in [-0.39, 0.29) is 11.9 Å². The Kier molecular flexibility index (Phi) is 3.80. The quantitative estimate of drug-likeness (QED) is 0.894. The van der Waals surface area contributed by atoms with Gasteiger partial charge in [-0.15, -0.1) is 16.4 Å². The monoisotopic (exact) mass is 304 g/mol. The zero-order valence-electron chi connectivity index (χ0n) is 12.3.